The second kappa shape index (κ2) is 12.4. The SMILES string of the molecule is Cc1ccc2ccccc2c1Cc1cc(-c2ccccc2)c2ccc3c(-c4ccccc4)cc(Cc4c(C)ccc5ccccc45)nc3c2n1. The van der Waals surface area contributed by atoms with Crippen LogP contribution in [0, 0.1) is 13.8 Å². The number of aryl methyl sites for hydroxylation is 2. The van der Waals surface area contributed by atoms with E-state index in [-0.39, 0.29) is 0 Å². The van der Waals surface area contributed by atoms with E-state index in [4.69, 9.17) is 9.97 Å². The van der Waals surface area contributed by atoms with Crippen molar-refractivity contribution in [2.24, 2.45) is 0 Å². The molecule has 0 atom stereocenters. The van der Waals surface area contributed by atoms with Crippen LogP contribution in [0.4, 0.5) is 0 Å². The van der Waals surface area contributed by atoms with Crippen molar-refractivity contribution in [1.82, 2.24) is 9.97 Å². The summed E-state index contributed by atoms with van der Waals surface area (Å²) in [5.74, 6) is 0. The minimum absolute atomic E-state index is 0.736. The second-order valence-corrected chi connectivity index (χ2v) is 13.4. The molecule has 2 heterocycles. The maximum atomic E-state index is 5.52. The maximum absolute atomic E-state index is 5.52. The first-order chi connectivity index (χ1) is 24.6. The van der Waals surface area contributed by atoms with E-state index in [9.17, 15) is 0 Å². The fourth-order valence-electron chi connectivity index (χ4n) is 7.70. The van der Waals surface area contributed by atoms with E-state index < -0.39 is 0 Å². The van der Waals surface area contributed by atoms with Crippen molar-refractivity contribution in [2.45, 2.75) is 26.7 Å². The molecule has 0 aliphatic heterocycles. The molecule has 0 aliphatic rings. The van der Waals surface area contributed by atoms with Crippen LogP contribution in [-0.4, -0.2) is 9.97 Å². The smallest absolute Gasteiger partial charge is 0.0974 e. The molecule has 0 saturated carbocycles. The highest BCUT2D eigenvalue weighted by molar-refractivity contribution is 6.12. The molecule has 0 radical (unpaired) electrons. The number of rotatable bonds is 6. The third-order valence-corrected chi connectivity index (χ3v) is 10.3. The summed E-state index contributed by atoms with van der Waals surface area (Å²) < 4.78 is 0. The number of pyridine rings is 2. The van der Waals surface area contributed by atoms with Gasteiger partial charge in [-0.15, -0.1) is 0 Å². The van der Waals surface area contributed by atoms with Gasteiger partial charge in [-0.1, -0.05) is 146 Å². The van der Waals surface area contributed by atoms with Gasteiger partial charge in [-0.05, 0) is 92.0 Å². The molecule has 50 heavy (non-hydrogen) atoms. The number of nitrogens with zero attached hydrogens (tertiary/aromatic N) is 2. The van der Waals surface area contributed by atoms with Gasteiger partial charge in [-0.2, -0.15) is 0 Å². The van der Waals surface area contributed by atoms with E-state index in [0.29, 0.717) is 0 Å². The number of hydrogen-bond donors (Lipinski definition) is 0. The van der Waals surface area contributed by atoms with Crippen LogP contribution in [0.5, 0.6) is 0 Å². The number of aromatic nitrogens is 2. The molecular weight excluding hydrogens is 605 g/mol. The Morgan fingerprint density at radius 3 is 1.22 bits per heavy atom. The summed E-state index contributed by atoms with van der Waals surface area (Å²) in [4.78, 5) is 11.0. The van der Waals surface area contributed by atoms with Gasteiger partial charge in [0, 0.05) is 35.0 Å². The zero-order chi connectivity index (χ0) is 33.6. The second-order valence-electron chi connectivity index (χ2n) is 13.4. The molecule has 9 rings (SSSR count). The van der Waals surface area contributed by atoms with Crippen molar-refractivity contribution in [3.8, 4) is 22.3 Å². The number of hydrogen-bond acceptors (Lipinski definition) is 2. The molecule has 0 aliphatic carbocycles. The van der Waals surface area contributed by atoms with Crippen molar-refractivity contribution in [3.63, 3.8) is 0 Å². The summed E-state index contributed by atoms with van der Waals surface area (Å²) in [5, 5.41) is 7.31. The van der Waals surface area contributed by atoms with E-state index in [1.54, 1.807) is 0 Å². The van der Waals surface area contributed by atoms with Gasteiger partial charge < -0.3 is 0 Å². The lowest BCUT2D eigenvalue weighted by atomic mass is 9.92. The third kappa shape index (κ3) is 5.30. The minimum Gasteiger partial charge on any atom is -0.250 e. The van der Waals surface area contributed by atoms with Crippen LogP contribution in [0.1, 0.15) is 33.6 Å². The normalized spacial score (nSPS) is 11.6. The van der Waals surface area contributed by atoms with Crippen LogP contribution < -0.4 is 0 Å². The summed E-state index contributed by atoms with van der Waals surface area (Å²) in [6.07, 6.45) is 1.47. The molecule has 0 fully saturated rings. The molecule has 2 heteroatoms. The Hall–Kier alpha value is -6.12. The van der Waals surface area contributed by atoms with Gasteiger partial charge in [-0.3, -0.25) is 9.97 Å². The molecule has 2 aromatic heterocycles. The molecule has 0 amide bonds. The van der Waals surface area contributed by atoms with Gasteiger partial charge in [0.1, 0.15) is 0 Å². The van der Waals surface area contributed by atoms with Crippen LogP contribution in [-0.2, 0) is 12.8 Å². The molecule has 7 aromatic carbocycles. The minimum atomic E-state index is 0.736. The zero-order valence-corrected chi connectivity index (χ0v) is 28.3. The van der Waals surface area contributed by atoms with E-state index in [2.05, 4.69) is 172 Å². The lowest BCUT2D eigenvalue weighted by Gasteiger charge is -2.17. The van der Waals surface area contributed by atoms with Gasteiger partial charge in [0.2, 0.25) is 0 Å². The van der Waals surface area contributed by atoms with Gasteiger partial charge >= 0.3 is 0 Å². The van der Waals surface area contributed by atoms with Crippen molar-refractivity contribution in [2.75, 3.05) is 0 Å². The molecule has 238 valence electrons. The fraction of sp³-hybridized carbons (Fsp3) is 0.0833. The molecule has 0 unspecified atom stereocenters. The average Bonchev–Trinajstić information content (AvgIpc) is 3.17. The van der Waals surface area contributed by atoms with Gasteiger partial charge in [-0.25, -0.2) is 0 Å². The summed E-state index contributed by atoms with van der Waals surface area (Å²) in [6.45, 7) is 4.43. The molecule has 0 N–H and O–H groups in total. The average molecular weight is 641 g/mol. The first kappa shape index (κ1) is 30.0. The van der Waals surface area contributed by atoms with Gasteiger partial charge in [0.05, 0.1) is 11.0 Å². The van der Waals surface area contributed by atoms with Crippen LogP contribution in [0.15, 0.2) is 158 Å². The largest absolute Gasteiger partial charge is 0.250 e. The Labute approximate surface area is 292 Å². The highest BCUT2D eigenvalue weighted by Crippen LogP contribution is 2.38. The topological polar surface area (TPSA) is 25.8 Å². The Morgan fingerprint density at radius 2 is 0.780 bits per heavy atom. The summed E-state index contributed by atoms with van der Waals surface area (Å²) >= 11 is 0. The van der Waals surface area contributed by atoms with Crippen molar-refractivity contribution in [1.29, 1.82) is 0 Å². The fourth-order valence-corrected chi connectivity index (χ4v) is 7.70. The first-order valence-corrected chi connectivity index (χ1v) is 17.4. The molecule has 0 spiro atoms. The van der Waals surface area contributed by atoms with Crippen LogP contribution in [0.2, 0.25) is 0 Å². The Balaban J connectivity index is 1.32. The van der Waals surface area contributed by atoms with E-state index in [1.165, 1.54) is 66.1 Å². The monoisotopic (exact) mass is 640 g/mol. The number of fused-ring (bicyclic) bond motifs is 5. The van der Waals surface area contributed by atoms with Gasteiger partial charge in [0.15, 0.2) is 0 Å². The standard InChI is InChI=1S/C48H36N2/c1-31-21-23-35-17-9-11-19-39(35)43(31)27-37-29-45(33-13-5-3-6-14-33)41-25-26-42-46(34-15-7-4-8-16-34)30-38(50-48(42)47(41)49-37)28-44-32(2)22-24-36-18-10-12-20-40(36)44/h3-26,29-30H,27-28H2,1-2H3. The predicted octanol–water partition coefficient (Wildman–Crippen LogP) is 12.2. The van der Waals surface area contributed by atoms with Crippen molar-refractivity contribution in [3.05, 3.63) is 191 Å². The Kier molecular flexibility index (Phi) is 7.43. The highest BCUT2D eigenvalue weighted by Gasteiger charge is 2.18. The Bertz CT molecular complexity index is 2520. The number of benzene rings is 7. The third-order valence-electron chi connectivity index (χ3n) is 10.3. The van der Waals surface area contributed by atoms with Crippen molar-refractivity contribution < 1.29 is 0 Å². The Morgan fingerprint density at radius 1 is 0.380 bits per heavy atom. The lowest BCUT2D eigenvalue weighted by Crippen LogP contribution is -2.01. The highest BCUT2D eigenvalue weighted by atomic mass is 14.8. The molecule has 0 bridgehead atoms. The van der Waals surface area contributed by atoms with E-state index in [1.807, 2.05) is 0 Å². The summed E-state index contributed by atoms with van der Waals surface area (Å²) in [6, 6.07) is 56.8. The predicted molar refractivity (Wildman–Crippen MR) is 211 cm³/mol. The van der Waals surface area contributed by atoms with Crippen LogP contribution in [0.25, 0.3) is 65.6 Å². The molecular formula is C48H36N2. The van der Waals surface area contributed by atoms with Crippen molar-refractivity contribution >= 4 is 43.4 Å². The zero-order valence-electron chi connectivity index (χ0n) is 28.3. The summed E-state index contributed by atoms with van der Waals surface area (Å²) in [7, 11) is 0. The quantitative estimate of drug-likeness (QED) is 0.169. The van der Waals surface area contributed by atoms with E-state index in [0.717, 1.165) is 46.0 Å². The maximum Gasteiger partial charge on any atom is 0.0974 e. The molecule has 0 saturated heterocycles. The van der Waals surface area contributed by atoms with Gasteiger partial charge in [0.25, 0.3) is 0 Å². The first-order valence-electron chi connectivity index (χ1n) is 17.4. The summed E-state index contributed by atoms with van der Waals surface area (Å²) in [5.41, 5.74) is 13.9. The van der Waals surface area contributed by atoms with Crippen LogP contribution >= 0.6 is 0 Å². The van der Waals surface area contributed by atoms with E-state index >= 15 is 0 Å². The molecule has 2 nitrogen and oxygen atoms in total. The lowest BCUT2D eigenvalue weighted by molar-refractivity contribution is 1.08. The molecule has 9 aromatic rings. The van der Waals surface area contributed by atoms with Crippen LogP contribution in [0.3, 0.4) is 0 Å².